The molecule has 0 aromatic heterocycles. The van der Waals surface area contributed by atoms with Gasteiger partial charge < -0.3 is 10.2 Å². The second-order valence-corrected chi connectivity index (χ2v) is 10.9. The van der Waals surface area contributed by atoms with Gasteiger partial charge in [-0.05, 0) is 80.3 Å². The van der Waals surface area contributed by atoms with E-state index in [9.17, 15) is 13.2 Å². The number of carbonyl (C=O) groups is 1. The topological polar surface area (TPSA) is 66.5 Å². The Bertz CT molecular complexity index is 1050. The molecule has 1 amide bonds. The highest BCUT2D eigenvalue weighted by Gasteiger charge is 2.44. The molecule has 0 bridgehead atoms. The molecule has 1 saturated carbocycles. The van der Waals surface area contributed by atoms with Gasteiger partial charge in [0.25, 0.3) is 5.91 Å². The van der Waals surface area contributed by atoms with Gasteiger partial charge in [-0.25, -0.2) is 8.42 Å². The summed E-state index contributed by atoms with van der Waals surface area (Å²) in [6, 6.07) is 12.6. The normalized spacial score (nSPS) is 17.7. The van der Waals surface area contributed by atoms with Crippen LogP contribution < -0.4 is 10.2 Å². The van der Waals surface area contributed by atoms with Crippen LogP contribution in [0.3, 0.4) is 0 Å². The molecule has 1 heterocycles. The second-order valence-electron chi connectivity index (χ2n) is 8.81. The Hall–Kier alpha value is -2.34. The van der Waals surface area contributed by atoms with Crippen LogP contribution in [0.2, 0.25) is 0 Å². The van der Waals surface area contributed by atoms with Crippen LogP contribution in [0.4, 0.5) is 11.4 Å². The maximum atomic E-state index is 13.1. The van der Waals surface area contributed by atoms with Gasteiger partial charge in [-0.3, -0.25) is 4.79 Å². The molecule has 2 fully saturated rings. The second kappa shape index (κ2) is 8.06. The molecule has 1 aliphatic carbocycles. The van der Waals surface area contributed by atoms with Gasteiger partial charge in [-0.15, -0.1) is 0 Å². The Morgan fingerprint density at radius 2 is 1.83 bits per heavy atom. The molecule has 30 heavy (non-hydrogen) atoms. The molecule has 1 N–H and O–H groups in total. The molecule has 4 rings (SSSR count). The third-order valence-electron chi connectivity index (χ3n) is 6.44. The first-order valence-corrected chi connectivity index (χ1v) is 12.5. The average molecular weight is 429 g/mol. The summed E-state index contributed by atoms with van der Waals surface area (Å²) in [4.78, 5) is 15.6. The van der Waals surface area contributed by atoms with E-state index < -0.39 is 9.84 Å². The van der Waals surface area contributed by atoms with Gasteiger partial charge in [0.2, 0.25) is 0 Å². The first-order valence-electron chi connectivity index (χ1n) is 10.8. The first-order chi connectivity index (χ1) is 14.3. The van der Waals surface area contributed by atoms with Crippen LogP contribution in [0, 0.1) is 12.3 Å². The number of nitrogens with zero attached hydrogens (tertiary/aromatic N) is 1. The van der Waals surface area contributed by atoms with Crippen molar-refractivity contribution in [2.45, 2.75) is 50.8 Å². The van der Waals surface area contributed by atoms with Crippen LogP contribution in [0.1, 0.15) is 56.4 Å². The Kier molecular flexibility index (Phi) is 5.62. The third kappa shape index (κ3) is 4.38. The SMILES string of the molecule is CCCS(=O)(=O)c1ccc(C(=O)Nc2cccc(C)c2)c(N2CCC3(CC2)CC3)c1.[HH]. The lowest BCUT2D eigenvalue weighted by molar-refractivity contribution is 0.102. The lowest BCUT2D eigenvalue weighted by Crippen LogP contribution is -2.35. The minimum atomic E-state index is -3.35. The summed E-state index contributed by atoms with van der Waals surface area (Å²) < 4.78 is 25.3. The van der Waals surface area contributed by atoms with E-state index in [1.165, 1.54) is 12.8 Å². The van der Waals surface area contributed by atoms with Crippen molar-refractivity contribution in [2.24, 2.45) is 5.41 Å². The van der Waals surface area contributed by atoms with Gasteiger partial charge in [0.1, 0.15) is 0 Å². The predicted octanol–water partition coefficient (Wildman–Crippen LogP) is 5.06. The summed E-state index contributed by atoms with van der Waals surface area (Å²) in [5.74, 6) is -0.0913. The average Bonchev–Trinajstić information content (AvgIpc) is 3.47. The van der Waals surface area contributed by atoms with Gasteiger partial charge in [-0.1, -0.05) is 19.1 Å². The maximum absolute atomic E-state index is 13.1. The Balaban J connectivity index is 0.00000272. The van der Waals surface area contributed by atoms with Crippen molar-refractivity contribution in [3.05, 3.63) is 53.6 Å². The summed E-state index contributed by atoms with van der Waals surface area (Å²) in [7, 11) is -3.35. The molecule has 1 aliphatic heterocycles. The van der Waals surface area contributed by atoms with E-state index in [-0.39, 0.29) is 13.1 Å². The molecular formula is C24H32N2O3S. The van der Waals surface area contributed by atoms with E-state index in [2.05, 4.69) is 10.2 Å². The number of amides is 1. The van der Waals surface area contributed by atoms with Crippen LogP contribution in [0.25, 0.3) is 0 Å². The van der Waals surface area contributed by atoms with Crippen LogP contribution >= 0.6 is 0 Å². The van der Waals surface area contributed by atoms with E-state index in [0.29, 0.717) is 22.3 Å². The van der Waals surface area contributed by atoms with E-state index in [4.69, 9.17) is 0 Å². The number of benzene rings is 2. The van der Waals surface area contributed by atoms with E-state index in [0.717, 1.165) is 42.9 Å². The molecule has 5 nitrogen and oxygen atoms in total. The van der Waals surface area contributed by atoms with Crippen LogP contribution in [0.5, 0.6) is 0 Å². The van der Waals surface area contributed by atoms with Gasteiger partial charge >= 0.3 is 0 Å². The van der Waals surface area contributed by atoms with Crippen molar-refractivity contribution < 1.29 is 14.6 Å². The number of carbonyl (C=O) groups excluding carboxylic acids is 1. The molecule has 2 aliphatic rings. The number of hydrogen-bond donors (Lipinski definition) is 1. The van der Waals surface area contributed by atoms with Gasteiger partial charge in [0.15, 0.2) is 9.84 Å². The molecule has 1 saturated heterocycles. The monoisotopic (exact) mass is 428 g/mol. The Morgan fingerprint density at radius 3 is 2.47 bits per heavy atom. The fourth-order valence-electron chi connectivity index (χ4n) is 4.37. The molecule has 0 atom stereocenters. The van der Waals surface area contributed by atoms with Gasteiger partial charge in [0.05, 0.1) is 21.9 Å². The van der Waals surface area contributed by atoms with Crippen molar-refractivity contribution >= 4 is 27.1 Å². The molecule has 0 radical (unpaired) electrons. The summed E-state index contributed by atoms with van der Waals surface area (Å²) >= 11 is 0. The number of piperidine rings is 1. The van der Waals surface area contributed by atoms with Crippen molar-refractivity contribution in [1.82, 2.24) is 0 Å². The van der Waals surface area contributed by atoms with Crippen LogP contribution in [-0.2, 0) is 9.84 Å². The lowest BCUT2D eigenvalue weighted by atomic mass is 9.93. The number of anilines is 2. The van der Waals surface area contributed by atoms with E-state index >= 15 is 0 Å². The molecule has 1 spiro atoms. The zero-order valence-electron chi connectivity index (χ0n) is 17.8. The number of aryl methyl sites for hydroxylation is 1. The highest BCUT2D eigenvalue weighted by molar-refractivity contribution is 7.91. The Labute approximate surface area is 180 Å². The minimum Gasteiger partial charge on any atom is -0.371 e. The first kappa shape index (κ1) is 20.9. The predicted molar refractivity (Wildman–Crippen MR) is 123 cm³/mol. The highest BCUT2D eigenvalue weighted by Crippen LogP contribution is 2.54. The molecule has 6 heteroatoms. The number of nitrogens with one attached hydrogen (secondary N) is 1. The van der Waals surface area contributed by atoms with Crippen molar-refractivity contribution in [3.63, 3.8) is 0 Å². The number of sulfone groups is 1. The molecule has 162 valence electrons. The molecule has 2 aromatic rings. The maximum Gasteiger partial charge on any atom is 0.257 e. The largest absolute Gasteiger partial charge is 0.371 e. The quantitative estimate of drug-likeness (QED) is 0.699. The van der Waals surface area contributed by atoms with Crippen molar-refractivity contribution in [2.75, 3.05) is 29.1 Å². The summed E-state index contributed by atoms with van der Waals surface area (Å²) in [6.07, 6.45) is 5.38. The van der Waals surface area contributed by atoms with Crippen molar-refractivity contribution in [1.29, 1.82) is 0 Å². The fourth-order valence-corrected chi connectivity index (χ4v) is 5.70. The third-order valence-corrected chi connectivity index (χ3v) is 8.36. The van der Waals surface area contributed by atoms with Gasteiger partial charge in [-0.2, -0.15) is 0 Å². The molecule has 0 unspecified atom stereocenters. The number of hydrogen-bond acceptors (Lipinski definition) is 4. The van der Waals surface area contributed by atoms with Crippen molar-refractivity contribution in [3.8, 4) is 0 Å². The van der Waals surface area contributed by atoms with E-state index in [1.54, 1.807) is 18.2 Å². The summed E-state index contributed by atoms with van der Waals surface area (Å²) in [6.45, 7) is 5.57. The zero-order chi connectivity index (χ0) is 21.4. The molecular weight excluding hydrogens is 396 g/mol. The van der Waals surface area contributed by atoms with E-state index in [1.807, 2.05) is 38.1 Å². The summed E-state index contributed by atoms with van der Waals surface area (Å²) in [5, 5.41) is 2.98. The van der Waals surface area contributed by atoms with Crippen LogP contribution in [0.15, 0.2) is 47.4 Å². The molecule has 2 aromatic carbocycles. The van der Waals surface area contributed by atoms with Gasteiger partial charge in [0, 0.05) is 20.2 Å². The highest BCUT2D eigenvalue weighted by atomic mass is 32.2. The standard InChI is InChI=1S/C24H30N2O3S.H2/c1-3-15-30(28,29)20-7-8-21(23(27)25-19-6-4-5-18(2)16-19)22(17-20)26-13-11-24(9-10-24)12-14-26;/h4-8,16-17H,3,9-15H2,1-2H3,(H,25,27);1H. The smallest absolute Gasteiger partial charge is 0.257 e. The van der Waals surface area contributed by atoms with Crippen LogP contribution in [-0.4, -0.2) is 33.2 Å². The fraction of sp³-hybridized carbons (Fsp3) is 0.458. The summed E-state index contributed by atoms with van der Waals surface area (Å²) in [5.41, 5.74) is 3.57. The Morgan fingerprint density at radius 1 is 1.10 bits per heavy atom. The zero-order valence-corrected chi connectivity index (χ0v) is 18.6. The lowest BCUT2D eigenvalue weighted by Gasteiger charge is -2.35. The number of rotatable bonds is 6. The minimum absolute atomic E-state index is 0.